The molecular formula is C21H18. The Bertz CT molecular complexity index is 791. The lowest BCUT2D eigenvalue weighted by Crippen LogP contribution is -2.19. The van der Waals surface area contributed by atoms with Gasteiger partial charge in [-0.25, -0.2) is 0 Å². The Balaban J connectivity index is 2.00. The summed E-state index contributed by atoms with van der Waals surface area (Å²) in [7, 11) is 0. The molecule has 0 radical (unpaired) electrons. The van der Waals surface area contributed by atoms with E-state index in [-0.39, 0.29) is 0 Å². The normalized spacial score (nSPS) is 22.5. The molecule has 0 fully saturated rings. The van der Waals surface area contributed by atoms with Crippen molar-refractivity contribution in [2.75, 3.05) is 0 Å². The van der Waals surface area contributed by atoms with Gasteiger partial charge in [-0.05, 0) is 46.8 Å². The van der Waals surface area contributed by atoms with Crippen LogP contribution in [0.2, 0.25) is 0 Å². The summed E-state index contributed by atoms with van der Waals surface area (Å²) >= 11 is 0. The summed E-state index contributed by atoms with van der Waals surface area (Å²) in [5, 5.41) is 0. The number of rotatable bonds is 1. The van der Waals surface area contributed by atoms with Crippen molar-refractivity contribution in [3.8, 4) is 0 Å². The summed E-state index contributed by atoms with van der Waals surface area (Å²) in [6.45, 7) is 6.26. The molecule has 0 aliphatic heterocycles. The van der Waals surface area contributed by atoms with Crippen LogP contribution in [0.25, 0.3) is 11.6 Å². The molecule has 4 rings (SSSR count). The summed E-state index contributed by atoms with van der Waals surface area (Å²) < 4.78 is 0. The number of hydrogen-bond acceptors (Lipinski definition) is 0. The van der Waals surface area contributed by atoms with Gasteiger partial charge in [0, 0.05) is 5.92 Å². The standard InChI is InChI=1S/C21H18/c1-3-15-8-6-9-16-11-12-19-18-10-5-4-7-17(18)13-14(2)20(19)21(15)16/h3-8,10-13,20H,1,9H2,2H3. The predicted molar refractivity (Wildman–Crippen MR) is 90.6 cm³/mol. The van der Waals surface area contributed by atoms with Gasteiger partial charge in [0.05, 0.1) is 0 Å². The van der Waals surface area contributed by atoms with Crippen LogP contribution in [-0.4, -0.2) is 0 Å². The van der Waals surface area contributed by atoms with Gasteiger partial charge in [-0.15, -0.1) is 0 Å². The van der Waals surface area contributed by atoms with E-state index in [0.717, 1.165) is 6.42 Å². The molecule has 0 aromatic heterocycles. The number of fused-ring (bicyclic) bond motifs is 5. The van der Waals surface area contributed by atoms with Crippen LogP contribution in [0.3, 0.4) is 0 Å². The molecule has 0 heteroatoms. The summed E-state index contributed by atoms with van der Waals surface area (Å²) in [6.07, 6.45) is 14.4. The fourth-order valence-electron chi connectivity index (χ4n) is 3.76. The lowest BCUT2D eigenvalue weighted by atomic mass is 9.68. The molecule has 0 nitrogen and oxygen atoms in total. The van der Waals surface area contributed by atoms with Crippen molar-refractivity contribution >= 4 is 11.6 Å². The molecule has 3 aliphatic rings. The van der Waals surface area contributed by atoms with Gasteiger partial charge in [0.15, 0.2) is 0 Å². The van der Waals surface area contributed by atoms with Crippen LogP contribution in [0.5, 0.6) is 0 Å². The SMILES string of the molecule is C=CC1=C2C(=CC=C3c4ccccc4C=C(C)C32)CC=C1. The molecule has 1 aromatic carbocycles. The summed E-state index contributed by atoms with van der Waals surface area (Å²) in [5.41, 5.74) is 9.72. The molecule has 102 valence electrons. The molecule has 3 aliphatic carbocycles. The van der Waals surface area contributed by atoms with Crippen molar-refractivity contribution in [2.45, 2.75) is 13.3 Å². The first kappa shape index (κ1) is 12.4. The Labute approximate surface area is 126 Å². The molecule has 1 aromatic rings. The highest BCUT2D eigenvalue weighted by Gasteiger charge is 2.32. The minimum atomic E-state index is 0.387. The van der Waals surface area contributed by atoms with Crippen LogP contribution in [0, 0.1) is 5.92 Å². The van der Waals surface area contributed by atoms with E-state index < -0.39 is 0 Å². The monoisotopic (exact) mass is 270 g/mol. The van der Waals surface area contributed by atoms with Crippen LogP contribution in [0.1, 0.15) is 24.5 Å². The third kappa shape index (κ3) is 1.76. The first-order valence-electron chi connectivity index (χ1n) is 7.51. The molecule has 0 amide bonds. The molecule has 0 heterocycles. The highest BCUT2D eigenvalue weighted by molar-refractivity contribution is 5.88. The van der Waals surface area contributed by atoms with Crippen molar-refractivity contribution < 1.29 is 0 Å². The third-order valence-corrected chi connectivity index (χ3v) is 4.69. The zero-order valence-corrected chi connectivity index (χ0v) is 12.3. The van der Waals surface area contributed by atoms with E-state index in [1.807, 2.05) is 6.08 Å². The number of benzene rings is 1. The summed E-state index contributed by atoms with van der Waals surface area (Å²) in [5.74, 6) is 0.387. The Kier molecular flexibility index (Phi) is 2.71. The van der Waals surface area contributed by atoms with Gasteiger partial charge in [-0.3, -0.25) is 0 Å². The molecule has 0 saturated heterocycles. The third-order valence-electron chi connectivity index (χ3n) is 4.69. The van der Waals surface area contributed by atoms with Crippen molar-refractivity contribution in [1.29, 1.82) is 0 Å². The quantitative estimate of drug-likeness (QED) is 0.633. The van der Waals surface area contributed by atoms with Crippen LogP contribution >= 0.6 is 0 Å². The predicted octanol–water partition coefficient (Wildman–Crippen LogP) is 5.49. The fraction of sp³-hybridized carbons (Fsp3) is 0.143. The van der Waals surface area contributed by atoms with E-state index in [0.29, 0.717) is 5.92 Å². The first-order chi connectivity index (χ1) is 10.3. The Morgan fingerprint density at radius 3 is 2.90 bits per heavy atom. The van der Waals surface area contributed by atoms with Crippen molar-refractivity contribution in [3.63, 3.8) is 0 Å². The Morgan fingerprint density at radius 1 is 1.19 bits per heavy atom. The highest BCUT2D eigenvalue weighted by atomic mass is 14.4. The number of allylic oxidation sites excluding steroid dienone is 10. The van der Waals surface area contributed by atoms with Crippen molar-refractivity contribution in [1.82, 2.24) is 0 Å². The van der Waals surface area contributed by atoms with E-state index in [9.17, 15) is 0 Å². The van der Waals surface area contributed by atoms with E-state index in [2.05, 4.69) is 68.1 Å². The molecule has 0 bridgehead atoms. The van der Waals surface area contributed by atoms with Crippen molar-refractivity contribution in [3.05, 3.63) is 94.6 Å². The van der Waals surface area contributed by atoms with Gasteiger partial charge in [0.1, 0.15) is 0 Å². The minimum absolute atomic E-state index is 0.387. The van der Waals surface area contributed by atoms with Gasteiger partial charge in [0.2, 0.25) is 0 Å². The average molecular weight is 270 g/mol. The molecule has 0 N–H and O–H groups in total. The second kappa shape index (κ2) is 4.60. The summed E-state index contributed by atoms with van der Waals surface area (Å²) in [6, 6.07) is 8.70. The Morgan fingerprint density at radius 2 is 2.05 bits per heavy atom. The highest BCUT2D eigenvalue weighted by Crippen LogP contribution is 2.48. The van der Waals surface area contributed by atoms with Gasteiger partial charge < -0.3 is 0 Å². The Hall–Kier alpha value is -2.34. The average Bonchev–Trinajstić information content (AvgIpc) is 2.53. The van der Waals surface area contributed by atoms with Gasteiger partial charge in [0.25, 0.3) is 0 Å². The van der Waals surface area contributed by atoms with Crippen LogP contribution in [0.15, 0.2) is 83.5 Å². The fourth-order valence-corrected chi connectivity index (χ4v) is 3.76. The van der Waals surface area contributed by atoms with E-state index in [1.54, 1.807) is 0 Å². The zero-order chi connectivity index (χ0) is 14.4. The maximum absolute atomic E-state index is 4.01. The molecule has 1 unspecified atom stereocenters. The van der Waals surface area contributed by atoms with E-state index in [1.165, 1.54) is 39.0 Å². The van der Waals surface area contributed by atoms with Crippen LogP contribution in [-0.2, 0) is 0 Å². The molecule has 1 atom stereocenters. The van der Waals surface area contributed by atoms with Crippen LogP contribution < -0.4 is 0 Å². The maximum Gasteiger partial charge on any atom is 0.0314 e. The van der Waals surface area contributed by atoms with Gasteiger partial charge in [-0.2, -0.15) is 0 Å². The zero-order valence-electron chi connectivity index (χ0n) is 12.3. The largest absolute Gasteiger partial charge is 0.0985 e. The van der Waals surface area contributed by atoms with E-state index >= 15 is 0 Å². The lowest BCUT2D eigenvalue weighted by Gasteiger charge is -2.35. The first-order valence-corrected chi connectivity index (χ1v) is 7.51. The molecule has 0 saturated carbocycles. The smallest absolute Gasteiger partial charge is 0.0314 e. The number of hydrogen-bond donors (Lipinski definition) is 0. The maximum atomic E-state index is 4.01. The topological polar surface area (TPSA) is 0 Å². The second-order valence-electron chi connectivity index (χ2n) is 5.90. The minimum Gasteiger partial charge on any atom is -0.0985 e. The van der Waals surface area contributed by atoms with Crippen LogP contribution in [0.4, 0.5) is 0 Å². The summed E-state index contributed by atoms with van der Waals surface area (Å²) in [4.78, 5) is 0. The lowest BCUT2D eigenvalue weighted by molar-refractivity contribution is 0.882. The molecule has 21 heavy (non-hydrogen) atoms. The second-order valence-corrected chi connectivity index (χ2v) is 5.90. The van der Waals surface area contributed by atoms with Gasteiger partial charge >= 0.3 is 0 Å². The van der Waals surface area contributed by atoms with Gasteiger partial charge in [-0.1, -0.05) is 72.9 Å². The molecule has 0 spiro atoms. The van der Waals surface area contributed by atoms with Crippen molar-refractivity contribution in [2.24, 2.45) is 5.92 Å². The molecular weight excluding hydrogens is 252 g/mol. The van der Waals surface area contributed by atoms with E-state index in [4.69, 9.17) is 0 Å².